The van der Waals surface area contributed by atoms with Gasteiger partial charge in [-0.1, -0.05) is 6.07 Å². The molecular weight excluding hydrogens is 232 g/mol. The maximum absolute atomic E-state index is 11.9. The highest BCUT2D eigenvalue weighted by atomic mass is 16.5. The molecule has 1 aromatic carbocycles. The molecule has 4 nitrogen and oxygen atoms in total. The van der Waals surface area contributed by atoms with E-state index < -0.39 is 0 Å². The first-order chi connectivity index (χ1) is 8.72. The van der Waals surface area contributed by atoms with Crippen LogP contribution in [0.1, 0.15) is 24.8 Å². The van der Waals surface area contributed by atoms with E-state index in [-0.39, 0.29) is 17.6 Å². The molecule has 1 heterocycles. The summed E-state index contributed by atoms with van der Waals surface area (Å²) in [5, 5.41) is 10.3. The molecule has 0 bridgehead atoms. The third-order valence-corrected chi connectivity index (χ3v) is 3.46. The molecule has 18 heavy (non-hydrogen) atoms. The number of aliphatic hydroxyl groups excluding tert-OH is 1. The Morgan fingerprint density at radius 1 is 1.44 bits per heavy atom. The topological polar surface area (TPSA) is 55.8 Å². The van der Waals surface area contributed by atoms with Crippen LogP contribution in [-0.2, 0) is 4.79 Å². The van der Waals surface area contributed by atoms with Crippen LogP contribution in [0.5, 0.6) is 11.5 Å². The monoisotopic (exact) mass is 246 g/mol. The summed E-state index contributed by atoms with van der Waals surface area (Å²) in [5.74, 6) is 1.09. The Kier molecular flexibility index (Phi) is 2.51. The summed E-state index contributed by atoms with van der Waals surface area (Å²) in [6, 6.07) is 5.33. The minimum atomic E-state index is -0.314. The number of aliphatic hydroxyl groups is 1. The maximum atomic E-state index is 11.9. The Hall–Kier alpha value is -1.97. The summed E-state index contributed by atoms with van der Waals surface area (Å²) in [4.78, 5) is 11.9. The Balaban J connectivity index is 2.21. The molecule has 0 spiro atoms. The predicted octanol–water partition coefficient (Wildman–Crippen LogP) is 2.48. The first-order valence-corrected chi connectivity index (χ1v) is 6.02. The van der Waals surface area contributed by atoms with Crippen LogP contribution in [-0.4, -0.2) is 24.1 Å². The highest BCUT2D eigenvalue weighted by Crippen LogP contribution is 2.43. The largest absolute Gasteiger partial charge is 0.506 e. The van der Waals surface area contributed by atoms with Crippen LogP contribution in [0.15, 0.2) is 23.8 Å². The maximum Gasteiger partial charge on any atom is 0.166 e. The normalized spacial score (nSPS) is 22.1. The number of carbonyl (C=O) groups is 1. The second-order valence-corrected chi connectivity index (χ2v) is 4.52. The molecule has 1 aliphatic carbocycles. The van der Waals surface area contributed by atoms with Crippen molar-refractivity contribution in [1.82, 2.24) is 0 Å². The molecule has 4 heteroatoms. The predicted molar refractivity (Wildman–Crippen MR) is 65.8 cm³/mol. The van der Waals surface area contributed by atoms with Gasteiger partial charge in [0, 0.05) is 6.42 Å². The fourth-order valence-electron chi connectivity index (χ4n) is 2.61. The average Bonchev–Trinajstić information content (AvgIpc) is 2.38. The van der Waals surface area contributed by atoms with Crippen molar-refractivity contribution in [2.24, 2.45) is 0 Å². The number of hydrogen-bond donors (Lipinski definition) is 1. The van der Waals surface area contributed by atoms with E-state index in [9.17, 15) is 9.90 Å². The van der Waals surface area contributed by atoms with Crippen molar-refractivity contribution in [1.29, 1.82) is 0 Å². The van der Waals surface area contributed by atoms with Gasteiger partial charge in [0.05, 0.1) is 12.7 Å². The molecule has 1 aromatic rings. The minimum absolute atomic E-state index is 0.0170. The minimum Gasteiger partial charge on any atom is -0.506 e. The summed E-state index contributed by atoms with van der Waals surface area (Å²) >= 11 is 0. The number of ketones is 1. The van der Waals surface area contributed by atoms with E-state index in [1.165, 1.54) is 7.11 Å². The zero-order valence-corrected chi connectivity index (χ0v) is 10.1. The number of rotatable bonds is 1. The lowest BCUT2D eigenvalue weighted by Crippen LogP contribution is -2.33. The van der Waals surface area contributed by atoms with Crippen LogP contribution >= 0.6 is 0 Å². The summed E-state index contributed by atoms with van der Waals surface area (Å²) in [6.45, 7) is 0. The fraction of sp³-hybridized carbons (Fsp3) is 0.357. The second-order valence-electron chi connectivity index (χ2n) is 4.52. The van der Waals surface area contributed by atoms with E-state index in [1.807, 2.05) is 0 Å². The van der Waals surface area contributed by atoms with Gasteiger partial charge < -0.3 is 14.6 Å². The van der Waals surface area contributed by atoms with Gasteiger partial charge in [-0.15, -0.1) is 0 Å². The van der Waals surface area contributed by atoms with Crippen LogP contribution in [0.25, 0.3) is 5.76 Å². The number of carbonyl (C=O) groups excluding carboxylic acids is 1. The molecule has 3 rings (SSSR count). The van der Waals surface area contributed by atoms with Crippen molar-refractivity contribution >= 4 is 11.5 Å². The van der Waals surface area contributed by atoms with Crippen molar-refractivity contribution in [3.8, 4) is 11.5 Å². The third-order valence-electron chi connectivity index (χ3n) is 3.46. The number of ether oxygens (including phenoxy) is 2. The summed E-state index contributed by atoms with van der Waals surface area (Å²) < 4.78 is 11.0. The van der Waals surface area contributed by atoms with Crippen molar-refractivity contribution in [2.45, 2.75) is 25.4 Å². The molecule has 2 aliphatic rings. The van der Waals surface area contributed by atoms with Crippen molar-refractivity contribution < 1.29 is 19.4 Å². The fourth-order valence-corrected chi connectivity index (χ4v) is 2.61. The number of hydrogen-bond acceptors (Lipinski definition) is 4. The van der Waals surface area contributed by atoms with Crippen LogP contribution in [0.4, 0.5) is 0 Å². The van der Waals surface area contributed by atoms with Gasteiger partial charge in [0.15, 0.2) is 5.78 Å². The second kappa shape index (κ2) is 4.05. The van der Waals surface area contributed by atoms with Gasteiger partial charge in [-0.25, -0.2) is 0 Å². The van der Waals surface area contributed by atoms with Gasteiger partial charge in [0.1, 0.15) is 28.9 Å². The number of fused-ring (bicyclic) bond motifs is 2. The van der Waals surface area contributed by atoms with Gasteiger partial charge in [0.2, 0.25) is 0 Å². The Bertz CT molecular complexity index is 545. The van der Waals surface area contributed by atoms with Gasteiger partial charge in [-0.05, 0) is 25.0 Å². The summed E-state index contributed by atoms with van der Waals surface area (Å²) in [5.41, 5.74) is 0.889. The average molecular weight is 246 g/mol. The molecule has 0 amide bonds. The summed E-state index contributed by atoms with van der Waals surface area (Å²) in [6.07, 6.45) is 1.73. The molecule has 1 saturated carbocycles. The highest BCUT2D eigenvalue weighted by molar-refractivity contribution is 6.04. The van der Waals surface area contributed by atoms with Crippen LogP contribution in [0, 0.1) is 0 Å². The Morgan fingerprint density at radius 3 is 3.06 bits per heavy atom. The van der Waals surface area contributed by atoms with Gasteiger partial charge in [0.25, 0.3) is 0 Å². The number of Topliss-reactive ketones (excluding diaryl/α,β-unsaturated/α-hetero) is 1. The van der Waals surface area contributed by atoms with Crippen molar-refractivity contribution in [2.75, 3.05) is 7.11 Å². The zero-order chi connectivity index (χ0) is 12.7. The molecule has 1 aliphatic heterocycles. The van der Waals surface area contributed by atoms with Crippen LogP contribution < -0.4 is 9.47 Å². The molecule has 94 valence electrons. The molecule has 1 N–H and O–H groups in total. The van der Waals surface area contributed by atoms with E-state index in [1.54, 1.807) is 18.2 Å². The molecule has 0 radical (unpaired) electrons. The number of benzene rings is 1. The standard InChI is InChI=1S/C14H14O4/c1-17-9-5-3-7-11-13(9)14(16)12-8(15)4-2-6-10(12)18-11/h3,5,7,10,16H,2,4,6H2,1H3/t10-/m0/s1. The van der Waals surface area contributed by atoms with E-state index >= 15 is 0 Å². The molecule has 0 unspecified atom stereocenters. The SMILES string of the molecule is COc1cccc2c1C(O)=C1C(=O)CCC[C@@H]1O2. The first kappa shape index (κ1) is 11.1. The van der Waals surface area contributed by atoms with E-state index in [0.29, 0.717) is 29.1 Å². The van der Waals surface area contributed by atoms with E-state index in [0.717, 1.165) is 12.8 Å². The van der Waals surface area contributed by atoms with Crippen LogP contribution in [0.2, 0.25) is 0 Å². The van der Waals surface area contributed by atoms with Gasteiger partial charge in [-0.2, -0.15) is 0 Å². The molecule has 0 aromatic heterocycles. The van der Waals surface area contributed by atoms with Crippen molar-refractivity contribution in [3.05, 3.63) is 29.3 Å². The quantitative estimate of drug-likeness (QED) is 0.827. The molecular formula is C14H14O4. The van der Waals surface area contributed by atoms with Crippen LogP contribution in [0.3, 0.4) is 0 Å². The molecule has 0 saturated heterocycles. The molecule has 1 atom stereocenters. The van der Waals surface area contributed by atoms with E-state index in [4.69, 9.17) is 9.47 Å². The first-order valence-electron chi connectivity index (χ1n) is 6.02. The van der Waals surface area contributed by atoms with Crippen molar-refractivity contribution in [3.63, 3.8) is 0 Å². The van der Waals surface area contributed by atoms with E-state index in [2.05, 4.69) is 0 Å². The van der Waals surface area contributed by atoms with Gasteiger partial charge in [-0.3, -0.25) is 4.79 Å². The molecule has 1 fully saturated rings. The van der Waals surface area contributed by atoms with Gasteiger partial charge >= 0.3 is 0 Å². The third kappa shape index (κ3) is 1.49. The smallest absolute Gasteiger partial charge is 0.166 e. The zero-order valence-electron chi connectivity index (χ0n) is 10.1. The lowest BCUT2D eigenvalue weighted by molar-refractivity contribution is -0.117. The lowest BCUT2D eigenvalue weighted by atomic mass is 9.86. The Labute approximate surface area is 105 Å². The lowest BCUT2D eigenvalue weighted by Gasteiger charge is -2.31. The summed E-state index contributed by atoms with van der Waals surface area (Å²) in [7, 11) is 1.53. The number of methoxy groups -OCH3 is 1. The highest BCUT2D eigenvalue weighted by Gasteiger charge is 2.36. The Morgan fingerprint density at radius 2 is 2.28 bits per heavy atom.